The van der Waals surface area contributed by atoms with Crippen LogP contribution in [-0.4, -0.2) is 36.3 Å². The van der Waals surface area contributed by atoms with Crippen LogP contribution in [-0.2, 0) is 6.54 Å². The molecule has 1 aromatic heterocycles. The molecule has 0 bridgehead atoms. The number of nitrogens with zero attached hydrogens (tertiary/aromatic N) is 2. The molecular weight excluding hydrogens is 356 g/mol. The molecule has 0 spiro atoms. The SMILES string of the molecule is CC1CCN(c2nc([C@H](C)NCc3ccc4c(c3)OCCO4)cc(=O)[nH]2)CC1. The maximum atomic E-state index is 12.2. The molecule has 2 aliphatic heterocycles. The number of hydrogen-bond donors (Lipinski definition) is 2. The number of aromatic nitrogens is 2. The highest BCUT2D eigenvalue weighted by molar-refractivity contribution is 5.43. The van der Waals surface area contributed by atoms with Gasteiger partial charge in [-0.05, 0) is 43.4 Å². The van der Waals surface area contributed by atoms with E-state index in [2.05, 4.69) is 22.1 Å². The lowest BCUT2D eigenvalue weighted by atomic mass is 10.00. The number of H-pyrrole nitrogens is 1. The molecule has 1 aromatic carbocycles. The lowest BCUT2D eigenvalue weighted by molar-refractivity contribution is 0.171. The van der Waals surface area contributed by atoms with Crippen molar-refractivity contribution in [3.05, 3.63) is 45.9 Å². The number of nitrogens with one attached hydrogen (secondary N) is 2. The monoisotopic (exact) mass is 384 g/mol. The standard InChI is InChI=1S/C21H28N4O3/c1-14-5-7-25(8-6-14)21-23-17(12-20(26)24-21)15(2)22-13-16-3-4-18-19(11-16)28-10-9-27-18/h3-4,11-12,14-15,22H,5-10,13H2,1-2H3,(H,23,24,26)/t15-/m0/s1. The Morgan fingerprint density at radius 2 is 1.96 bits per heavy atom. The minimum Gasteiger partial charge on any atom is -0.486 e. The fraction of sp³-hybridized carbons (Fsp3) is 0.524. The molecule has 150 valence electrons. The summed E-state index contributed by atoms with van der Waals surface area (Å²) in [6, 6.07) is 7.51. The van der Waals surface area contributed by atoms with E-state index in [9.17, 15) is 4.79 Å². The summed E-state index contributed by atoms with van der Waals surface area (Å²) in [5.41, 5.74) is 1.76. The molecule has 0 radical (unpaired) electrons. The normalized spacial score (nSPS) is 18.1. The number of ether oxygens (including phenoxy) is 2. The fourth-order valence-corrected chi connectivity index (χ4v) is 3.63. The smallest absolute Gasteiger partial charge is 0.252 e. The highest BCUT2D eigenvalue weighted by Crippen LogP contribution is 2.30. The summed E-state index contributed by atoms with van der Waals surface area (Å²) in [6.07, 6.45) is 2.26. The van der Waals surface area contributed by atoms with Crippen molar-refractivity contribution in [1.29, 1.82) is 0 Å². The third-order valence-electron chi connectivity index (χ3n) is 5.49. The van der Waals surface area contributed by atoms with Crippen LogP contribution in [0.2, 0.25) is 0 Å². The van der Waals surface area contributed by atoms with Gasteiger partial charge in [0.1, 0.15) is 13.2 Å². The van der Waals surface area contributed by atoms with Crippen molar-refractivity contribution < 1.29 is 9.47 Å². The lowest BCUT2D eigenvalue weighted by Gasteiger charge is -2.31. The van der Waals surface area contributed by atoms with E-state index < -0.39 is 0 Å². The zero-order valence-corrected chi connectivity index (χ0v) is 16.5. The van der Waals surface area contributed by atoms with E-state index in [1.165, 1.54) is 0 Å². The molecule has 0 unspecified atom stereocenters. The number of aromatic amines is 1. The molecule has 1 fully saturated rings. The number of piperidine rings is 1. The van der Waals surface area contributed by atoms with E-state index in [1.807, 2.05) is 25.1 Å². The van der Waals surface area contributed by atoms with Gasteiger partial charge in [0.2, 0.25) is 5.95 Å². The molecule has 7 nitrogen and oxygen atoms in total. The summed E-state index contributed by atoms with van der Waals surface area (Å²) in [7, 11) is 0. The van der Waals surface area contributed by atoms with Crippen molar-refractivity contribution in [3.63, 3.8) is 0 Å². The van der Waals surface area contributed by atoms with Gasteiger partial charge in [-0.3, -0.25) is 9.78 Å². The second-order valence-corrected chi connectivity index (χ2v) is 7.74. The minimum absolute atomic E-state index is 0.0436. The van der Waals surface area contributed by atoms with Crippen LogP contribution < -0.4 is 25.2 Å². The first-order valence-electron chi connectivity index (χ1n) is 10.1. The summed E-state index contributed by atoms with van der Waals surface area (Å²) >= 11 is 0. The van der Waals surface area contributed by atoms with E-state index >= 15 is 0 Å². The van der Waals surface area contributed by atoms with Crippen molar-refractivity contribution >= 4 is 5.95 Å². The van der Waals surface area contributed by atoms with Crippen LogP contribution in [0.4, 0.5) is 5.95 Å². The third kappa shape index (κ3) is 4.30. The second kappa shape index (κ2) is 8.22. The van der Waals surface area contributed by atoms with Gasteiger partial charge in [0.05, 0.1) is 5.69 Å². The zero-order chi connectivity index (χ0) is 19.5. The molecule has 1 saturated heterocycles. The Bertz CT molecular complexity index is 874. The van der Waals surface area contributed by atoms with Gasteiger partial charge in [-0.15, -0.1) is 0 Å². The fourth-order valence-electron chi connectivity index (χ4n) is 3.63. The molecule has 28 heavy (non-hydrogen) atoms. The molecule has 2 aliphatic rings. The van der Waals surface area contributed by atoms with Gasteiger partial charge >= 0.3 is 0 Å². The maximum Gasteiger partial charge on any atom is 0.252 e. The molecule has 0 aliphatic carbocycles. The maximum absolute atomic E-state index is 12.2. The van der Waals surface area contributed by atoms with Gasteiger partial charge in [0.15, 0.2) is 11.5 Å². The van der Waals surface area contributed by atoms with Crippen molar-refractivity contribution in [2.45, 2.75) is 39.3 Å². The van der Waals surface area contributed by atoms with Gasteiger partial charge < -0.3 is 19.7 Å². The Labute approximate surface area is 165 Å². The summed E-state index contributed by atoms with van der Waals surface area (Å²) in [5, 5.41) is 3.46. The van der Waals surface area contributed by atoms with Crippen LogP contribution in [0.3, 0.4) is 0 Å². The Balaban J connectivity index is 1.43. The highest BCUT2D eigenvalue weighted by Gasteiger charge is 2.19. The van der Waals surface area contributed by atoms with Crippen LogP contribution >= 0.6 is 0 Å². The van der Waals surface area contributed by atoms with Crippen LogP contribution in [0.1, 0.15) is 44.0 Å². The molecule has 1 atom stereocenters. The molecule has 4 rings (SSSR count). The first kappa shape index (κ1) is 18.8. The van der Waals surface area contributed by atoms with Gasteiger partial charge in [0.25, 0.3) is 5.56 Å². The van der Waals surface area contributed by atoms with Crippen molar-refractivity contribution in [3.8, 4) is 11.5 Å². The predicted molar refractivity (Wildman–Crippen MR) is 108 cm³/mol. The Hall–Kier alpha value is -2.54. The molecule has 3 heterocycles. The first-order chi connectivity index (χ1) is 13.6. The van der Waals surface area contributed by atoms with Crippen LogP contribution in [0, 0.1) is 5.92 Å². The highest BCUT2D eigenvalue weighted by atomic mass is 16.6. The van der Waals surface area contributed by atoms with Crippen molar-refractivity contribution in [2.24, 2.45) is 5.92 Å². The Morgan fingerprint density at radius 3 is 2.75 bits per heavy atom. The summed E-state index contributed by atoms with van der Waals surface area (Å²) in [6.45, 7) is 8.00. The number of fused-ring (bicyclic) bond motifs is 1. The number of benzene rings is 1. The molecule has 0 saturated carbocycles. The molecule has 2 aromatic rings. The Kier molecular flexibility index (Phi) is 5.52. The lowest BCUT2D eigenvalue weighted by Crippen LogP contribution is -2.35. The van der Waals surface area contributed by atoms with E-state index in [-0.39, 0.29) is 11.6 Å². The third-order valence-corrected chi connectivity index (χ3v) is 5.49. The number of anilines is 1. The first-order valence-corrected chi connectivity index (χ1v) is 10.1. The van der Waals surface area contributed by atoms with Gasteiger partial charge in [-0.1, -0.05) is 13.0 Å². The average molecular weight is 384 g/mol. The number of hydrogen-bond acceptors (Lipinski definition) is 6. The summed E-state index contributed by atoms with van der Waals surface area (Å²) in [4.78, 5) is 22.0. The minimum atomic E-state index is -0.105. The van der Waals surface area contributed by atoms with Gasteiger partial charge in [-0.25, -0.2) is 4.98 Å². The van der Waals surface area contributed by atoms with Crippen molar-refractivity contribution in [1.82, 2.24) is 15.3 Å². The quantitative estimate of drug-likeness (QED) is 0.825. The largest absolute Gasteiger partial charge is 0.486 e. The van der Waals surface area contributed by atoms with Gasteiger partial charge in [-0.2, -0.15) is 0 Å². The molecule has 2 N–H and O–H groups in total. The predicted octanol–water partition coefficient (Wildman–Crippen LogP) is 2.63. The topological polar surface area (TPSA) is 79.5 Å². The Morgan fingerprint density at radius 1 is 1.21 bits per heavy atom. The summed E-state index contributed by atoms with van der Waals surface area (Å²) in [5.74, 6) is 2.99. The van der Waals surface area contributed by atoms with E-state index in [0.717, 1.165) is 54.6 Å². The number of rotatable bonds is 5. The van der Waals surface area contributed by atoms with E-state index in [0.29, 0.717) is 25.7 Å². The van der Waals surface area contributed by atoms with Gasteiger partial charge in [0, 0.05) is 31.7 Å². The van der Waals surface area contributed by atoms with Crippen molar-refractivity contribution in [2.75, 3.05) is 31.2 Å². The molecular formula is C21H28N4O3. The zero-order valence-electron chi connectivity index (χ0n) is 16.5. The molecule has 0 amide bonds. The van der Waals surface area contributed by atoms with E-state index in [4.69, 9.17) is 14.5 Å². The van der Waals surface area contributed by atoms with Crippen LogP contribution in [0.25, 0.3) is 0 Å². The van der Waals surface area contributed by atoms with Crippen LogP contribution in [0.5, 0.6) is 11.5 Å². The van der Waals surface area contributed by atoms with E-state index in [1.54, 1.807) is 6.07 Å². The summed E-state index contributed by atoms with van der Waals surface area (Å²) < 4.78 is 11.2. The second-order valence-electron chi connectivity index (χ2n) is 7.74. The molecule has 7 heteroatoms. The average Bonchev–Trinajstić information content (AvgIpc) is 2.72. The van der Waals surface area contributed by atoms with Crippen LogP contribution in [0.15, 0.2) is 29.1 Å².